The number of alkyl halides is 1. The highest BCUT2D eigenvalue weighted by molar-refractivity contribution is 6.22. The molecule has 0 bridgehead atoms. The van der Waals surface area contributed by atoms with Crippen molar-refractivity contribution in [3.63, 3.8) is 0 Å². The van der Waals surface area contributed by atoms with Crippen LogP contribution in [0.5, 0.6) is 0 Å². The number of halogens is 1. The van der Waals surface area contributed by atoms with Gasteiger partial charge in [-0.05, 0) is 18.6 Å². The van der Waals surface area contributed by atoms with Crippen LogP contribution in [-0.2, 0) is 6.54 Å². The first-order valence-corrected chi connectivity index (χ1v) is 5.32. The Kier molecular flexibility index (Phi) is 2.89. The summed E-state index contributed by atoms with van der Waals surface area (Å²) in [6.45, 7) is 4.72. The molecule has 0 aliphatic carbocycles. The van der Waals surface area contributed by atoms with Crippen molar-refractivity contribution in [2.24, 2.45) is 0 Å². The number of aromatic nitrogens is 2. The van der Waals surface area contributed by atoms with Crippen molar-refractivity contribution in [1.82, 2.24) is 15.1 Å². The fraction of sp³-hybridized carbons (Fsp3) is 0.500. The molecule has 2 heterocycles. The first-order valence-electron chi connectivity index (χ1n) is 4.89. The molecule has 1 atom stereocenters. The molecule has 4 heteroatoms. The number of nitrogens with one attached hydrogen (secondary N) is 1. The highest BCUT2D eigenvalue weighted by Crippen LogP contribution is 2.18. The van der Waals surface area contributed by atoms with Crippen LogP contribution in [-0.4, -0.2) is 28.2 Å². The Morgan fingerprint density at radius 3 is 3.29 bits per heavy atom. The normalized spacial score (nSPS) is 22.1. The van der Waals surface area contributed by atoms with E-state index in [1.165, 1.54) is 11.3 Å². The lowest BCUT2D eigenvalue weighted by atomic mass is 10.1. The molecule has 0 saturated carbocycles. The Bertz CT molecular complexity index is 343. The zero-order valence-corrected chi connectivity index (χ0v) is 8.96. The van der Waals surface area contributed by atoms with E-state index in [4.69, 9.17) is 11.6 Å². The minimum Gasteiger partial charge on any atom is -0.311 e. The third-order valence-electron chi connectivity index (χ3n) is 2.38. The fourth-order valence-corrected chi connectivity index (χ4v) is 1.98. The van der Waals surface area contributed by atoms with Crippen LogP contribution in [0.2, 0.25) is 0 Å². The predicted molar refractivity (Wildman–Crippen MR) is 58.4 cm³/mol. The van der Waals surface area contributed by atoms with Gasteiger partial charge >= 0.3 is 0 Å². The zero-order chi connectivity index (χ0) is 9.97. The lowest BCUT2D eigenvalue weighted by Crippen LogP contribution is -2.29. The summed E-state index contributed by atoms with van der Waals surface area (Å²) >= 11 is 6.06. The summed E-state index contributed by atoms with van der Waals surface area (Å²) in [6, 6.07) is 2.03. The van der Waals surface area contributed by atoms with Crippen molar-refractivity contribution in [1.29, 1.82) is 0 Å². The summed E-state index contributed by atoms with van der Waals surface area (Å²) in [7, 11) is 0. The second kappa shape index (κ2) is 4.15. The minimum atomic E-state index is 0.0963. The molecule has 1 unspecified atom stereocenters. The molecule has 1 N–H and O–H groups in total. The number of nitrogens with zero attached hydrogens (tertiary/aromatic N) is 2. The lowest BCUT2D eigenvalue weighted by Gasteiger charge is -2.18. The average Bonchev–Trinajstić information content (AvgIpc) is 2.65. The standard InChI is InChI=1S/C10H14ClN3/c1-2-14-10(3-4-13-14)8-5-9(11)7-12-6-8/h3-5,9,12H,2,6-7H2,1H3. The van der Waals surface area contributed by atoms with Crippen molar-refractivity contribution in [3.8, 4) is 0 Å². The van der Waals surface area contributed by atoms with E-state index < -0.39 is 0 Å². The first kappa shape index (κ1) is 9.74. The predicted octanol–water partition coefficient (Wildman–Crippen LogP) is 1.50. The van der Waals surface area contributed by atoms with Crippen molar-refractivity contribution in [2.45, 2.75) is 18.8 Å². The molecule has 0 amide bonds. The quantitative estimate of drug-likeness (QED) is 0.752. The molecular formula is C10H14ClN3. The summed E-state index contributed by atoms with van der Waals surface area (Å²) in [5, 5.41) is 7.62. The molecule has 1 aliphatic heterocycles. The van der Waals surface area contributed by atoms with E-state index in [2.05, 4.69) is 23.4 Å². The molecule has 0 fully saturated rings. The molecular weight excluding hydrogens is 198 g/mol. The summed E-state index contributed by atoms with van der Waals surface area (Å²) < 4.78 is 1.99. The van der Waals surface area contributed by atoms with Crippen LogP contribution in [0.4, 0.5) is 0 Å². The van der Waals surface area contributed by atoms with Crippen LogP contribution in [0.25, 0.3) is 5.57 Å². The third-order valence-corrected chi connectivity index (χ3v) is 2.66. The SMILES string of the molecule is CCn1nccc1C1=CC(Cl)CNC1. The van der Waals surface area contributed by atoms with Crippen LogP contribution in [0.3, 0.4) is 0 Å². The molecule has 1 aromatic rings. The van der Waals surface area contributed by atoms with Crippen molar-refractivity contribution in [3.05, 3.63) is 24.0 Å². The van der Waals surface area contributed by atoms with Crippen LogP contribution >= 0.6 is 11.6 Å². The van der Waals surface area contributed by atoms with Gasteiger partial charge in [0.25, 0.3) is 0 Å². The third kappa shape index (κ3) is 1.83. The average molecular weight is 212 g/mol. The highest BCUT2D eigenvalue weighted by atomic mass is 35.5. The Hall–Kier alpha value is -0.800. The van der Waals surface area contributed by atoms with Gasteiger partial charge in [0.15, 0.2) is 0 Å². The fourth-order valence-electron chi connectivity index (χ4n) is 1.71. The van der Waals surface area contributed by atoms with Gasteiger partial charge in [0.1, 0.15) is 0 Å². The Morgan fingerprint density at radius 1 is 1.71 bits per heavy atom. The number of aryl methyl sites for hydroxylation is 1. The maximum atomic E-state index is 6.06. The lowest BCUT2D eigenvalue weighted by molar-refractivity contribution is 0.643. The van der Waals surface area contributed by atoms with Gasteiger partial charge in [0.05, 0.1) is 11.1 Å². The largest absolute Gasteiger partial charge is 0.311 e. The van der Waals surface area contributed by atoms with Crippen molar-refractivity contribution < 1.29 is 0 Å². The highest BCUT2D eigenvalue weighted by Gasteiger charge is 2.14. The maximum Gasteiger partial charge on any atom is 0.0652 e. The molecule has 0 spiro atoms. The Morgan fingerprint density at radius 2 is 2.57 bits per heavy atom. The van der Waals surface area contributed by atoms with Gasteiger partial charge in [-0.2, -0.15) is 5.10 Å². The van der Waals surface area contributed by atoms with Gasteiger partial charge in [-0.1, -0.05) is 6.08 Å². The summed E-state index contributed by atoms with van der Waals surface area (Å²) in [5.41, 5.74) is 2.42. The van der Waals surface area contributed by atoms with E-state index in [9.17, 15) is 0 Å². The molecule has 0 saturated heterocycles. The molecule has 1 aliphatic rings. The van der Waals surface area contributed by atoms with E-state index in [1.807, 2.05) is 16.9 Å². The van der Waals surface area contributed by atoms with E-state index in [1.54, 1.807) is 0 Å². The molecule has 1 aromatic heterocycles. The van der Waals surface area contributed by atoms with Crippen LogP contribution in [0.1, 0.15) is 12.6 Å². The number of hydrogen-bond donors (Lipinski definition) is 1. The van der Waals surface area contributed by atoms with Crippen LogP contribution < -0.4 is 5.32 Å². The monoisotopic (exact) mass is 211 g/mol. The Labute approximate surface area is 88.8 Å². The smallest absolute Gasteiger partial charge is 0.0652 e. The Balaban J connectivity index is 2.29. The second-order valence-electron chi connectivity index (χ2n) is 3.37. The zero-order valence-electron chi connectivity index (χ0n) is 8.20. The minimum absolute atomic E-state index is 0.0963. The summed E-state index contributed by atoms with van der Waals surface area (Å²) in [6.07, 6.45) is 3.94. The topological polar surface area (TPSA) is 29.9 Å². The van der Waals surface area contributed by atoms with E-state index >= 15 is 0 Å². The van der Waals surface area contributed by atoms with Crippen molar-refractivity contribution >= 4 is 17.2 Å². The van der Waals surface area contributed by atoms with E-state index in [0.29, 0.717) is 0 Å². The van der Waals surface area contributed by atoms with Gasteiger partial charge in [0, 0.05) is 25.8 Å². The van der Waals surface area contributed by atoms with Crippen LogP contribution in [0.15, 0.2) is 18.3 Å². The van der Waals surface area contributed by atoms with E-state index in [-0.39, 0.29) is 5.38 Å². The van der Waals surface area contributed by atoms with Gasteiger partial charge < -0.3 is 5.32 Å². The number of hydrogen-bond acceptors (Lipinski definition) is 2. The molecule has 0 radical (unpaired) electrons. The molecule has 2 rings (SSSR count). The van der Waals surface area contributed by atoms with E-state index in [0.717, 1.165) is 19.6 Å². The summed E-state index contributed by atoms with van der Waals surface area (Å²) in [4.78, 5) is 0. The number of rotatable bonds is 2. The molecule has 76 valence electrons. The van der Waals surface area contributed by atoms with Gasteiger partial charge in [-0.25, -0.2) is 0 Å². The molecule has 14 heavy (non-hydrogen) atoms. The molecule has 3 nitrogen and oxygen atoms in total. The van der Waals surface area contributed by atoms with Gasteiger partial charge in [0.2, 0.25) is 0 Å². The van der Waals surface area contributed by atoms with Crippen LogP contribution in [0, 0.1) is 0 Å². The second-order valence-corrected chi connectivity index (χ2v) is 3.93. The van der Waals surface area contributed by atoms with Crippen molar-refractivity contribution in [2.75, 3.05) is 13.1 Å². The summed E-state index contributed by atoms with van der Waals surface area (Å²) in [5.74, 6) is 0. The first-order chi connectivity index (χ1) is 6.81. The van der Waals surface area contributed by atoms with Gasteiger partial charge in [-0.3, -0.25) is 4.68 Å². The van der Waals surface area contributed by atoms with Gasteiger partial charge in [-0.15, -0.1) is 11.6 Å². The maximum absolute atomic E-state index is 6.06. The molecule has 0 aromatic carbocycles.